The van der Waals surface area contributed by atoms with Crippen molar-refractivity contribution in [1.82, 2.24) is 0 Å². The summed E-state index contributed by atoms with van der Waals surface area (Å²) in [5, 5.41) is 0. The Balaban J connectivity index is 0.000000552. The first kappa shape index (κ1) is 20.7. The van der Waals surface area contributed by atoms with Crippen LogP contribution < -0.4 is 0 Å². The maximum Gasteiger partial charge on any atom is -0.0193 e. The minimum absolute atomic E-state index is 0.674. The van der Waals surface area contributed by atoms with Crippen LogP contribution >= 0.6 is 0 Å². The van der Waals surface area contributed by atoms with Crippen molar-refractivity contribution < 1.29 is 0 Å². The van der Waals surface area contributed by atoms with E-state index in [0.717, 1.165) is 0 Å². The van der Waals surface area contributed by atoms with Crippen LogP contribution in [-0.2, 0) is 25.7 Å². The molecule has 0 saturated carbocycles. The number of hydrogen-bond acceptors (Lipinski definition) is 0. The second-order valence-corrected chi connectivity index (χ2v) is 8.04. The smallest absolute Gasteiger partial charge is 0.0193 e. The Morgan fingerprint density at radius 1 is 0.692 bits per heavy atom. The van der Waals surface area contributed by atoms with Crippen LogP contribution in [0.3, 0.4) is 0 Å². The molecule has 0 nitrogen and oxygen atoms in total. The summed E-state index contributed by atoms with van der Waals surface area (Å²) in [5.74, 6) is 0.674. The largest absolute Gasteiger partial charge is 0.0654 e. The van der Waals surface area contributed by atoms with E-state index in [1.54, 1.807) is 22.3 Å². The molecule has 3 rings (SSSR count). The van der Waals surface area contributed by atoms with Gasteiger partial charge in [-0.1, -0.05) is 70.9 Å². The van der Waals surface area contributed by atoms with Crippen LogP contribution in [0.5, 0.6) is 0 Å². The molecular formula is C26H38. The second-order valence-electron chi connectivity index (χ2n) is 8.04. The van der Waals surface area contributed by atoms with Crippen LogP contribution in [0.15, 0.2) is 30.3 Å². The molecule has 0 fully saturated rings. The van der Waals surface area contributed by atoms with E-state index < -0.39 is 0 Å². The van der Waals surface area contributed by atoms with Gasteiger partial charge >= 0.3 is 0 Å². The molecule has 0 spiro atoms. The molecule has 0 aromatic heterocycles. The lowest BCUT2D eigenvalue weighted by Gasteiger charge is -2.20. The lowest BCUT2D eigenvalue weighted by Crippen LogP contribution is -2.08. The Hall–Kier alpha value is -1.56. The molecule has 0 radical (unpaired) electrons. The summed E-state index contributed by atoms with van der Waals surface area (Å²) in [5.41, 5.74) is 10.7. The van der Waals surface area contributed by atoms with E-state index in [1.165, 1.54) is 61.6 Å². The topological polar surface area (TPSA) is 0 Å². The molecule has 0 heterocycles. The van der Waals surface area contributed by atoms with Crippen molar-refractivity contribution in [3.8, 4) is 0 Å². The quantitative estimate of drug-likeness (QED) is 0.537. The van der Waals surface area contributed by atoms with Crippen LogP contribution in [0.4, 0.5) is 0 Å². The fourth-order valence-corrected chi connectivity index (χ4v) is 3.60. The van der Waals surface area contributed by atoms with Crippen molar-refractivity contribution in [1.29, 1.82) is 0 Å². The monoisotopic (exact) mass is 350 g/mol. The SMILES string of the molecule is CCC(C)c1ccc2c(c1)CCc1cc(C)c(C)cc1CC2.CCCC. The zero-order chi connectivity index (χ0) is 19.1. The van der Waals surface area contributed by atoms with Gasteiger partial charge in [-0.3, -0.25) is 0 Å². The highest BCUT2D eigenvalue weighted by Crippen LogP contribution is 2.27. The van der Waals surface area contributed by atoms with Crippen molar-refractivity contribution in [2.75, 3.05) is 0 Å². The Morgan fingerprint density at radius 2 is 1.15 bits per heavy atom. The molecule has 2 aromatic rings. The fourth-order valence-electron chi connectivity index (χ4n) is 3.60. The van der Waals surface area contributed by atoms with Crippen molar-refractivity contribution in [2.24, 2.45) is 0 Å². The summed E-state index contributed by atoms with van der Waals surface area (Å²) >= 11 is 0. The zero-order valence-electron chi connectivity index (χ0n) is 17.9. The van der Waals surface area contributed by atoms with E-state index in [4.69, 9.17) is 0 Å². The number of rotatable bonds is 3. The van der Waals surface area contributed by atoms with E-state index in [9.17, 15) is 0 Å². The zero-order valence-corrected chi connectivity index (χ0v) is 17.9. The molecule has 0 N–H and O–H groups in total. The highest BCUT2D eigenvalue weighted by Gasteiger charge is 2.14. The van der Waals surface area contributed by atoms with Gasteiger partial charge in [-0.2, -0.15) is 0 Å². The molecule has 1 unspecified atom stereocenters. The average Bonchev–Trinajstić information content (AvgIpc) is 2.65. The van der Waals surface area contributed by atoms with Gasteiger partial charge in [0, 0.05) is 0 Å². The molecule has 26 heavy (non-hydrogen) atoms. The summed E-state index contributed by atoms with van der Waals surface area (Å²) < 4.78 is 0. The van der Waals surface area contributed by atoms with E-state index >= 15 is 0 Å². The molecule has 2 aromatic carbocycles. The first-order chi connectivity index (χ1) is 12.5. The van der Waals surface area contributed by atoms with E-state index in [2.05, 4.69) is 71.9 Å². The minimum Gasteiger partial charge on any atom is -0.0654 e. The highest BCUT2D eigenvalue weighted by molar-refractivity contribution is 5.42. The lowest BCUT2D eigenvalue weighted by molar-refractivity contribution is 0.728. The molecule has 0 bridgehead atoms. The van der Waals surface area contributed by atoms with Gasteiger partial charge in [0.15, 0.2) is 0 Å². The number of aryl methyl sites for hydroxylation is 6. The Labute approximate surface area is 162 Å². The van der Waals surface area contributed by atoms with Crippen molar-refractivity contribution in [2.45, 2.75) is 92.4 Å². The average molecular weight is 351 g/mol. The van der Waals surface area contributed by atoms with Crippen LogP contribution in [-0.4, -0.2) is 0 Å². The lowest BCUT2D eigenvalue weighted by atomic mass is 9.85. The van der Waals surface area contributed by atoms with Gasteiger partial charge in [-0.25, -0.2) is 0 Å². The van der Waals surface area contributed by atoms with Crippen molar-refractivity contribution in [3.63, 3.8) is 0 Å². The van der Waals surface area contributed by atoms with Gasteiger partial charge < -0.3 is 0 Å². The summed E-state index contributed by atoms with van der Waals surface area (Å²) in [6.07, 6.45) is 8.61. The molecule has 142 valence electrons. The molecule has 0 aliphatic heterocycles. The number of fused-ring (bicyclic) bond motifs is 2. The minimum atomic E-state index is 0.674. The van der Waals surface area contributed by atoms with E-state index in [1.807, 2.05) is 0 Å². The summed E-state index contributed by atoms with van der Waals surface area (Å²) in [6.45, 7) is 13.5. The third kappa shape index (κ3) is 5.22. The molecule has 0 amide bonds. The summed E-state index contributed by atoms with van der Waals surface area (Å²) in [4.78, 5) is 0. The first-order valence-electron chi connectivity index (χ1n) is 10.7. The predicted octanol–water partition coefficient (Wildman–Crippen LogP) is 7.51. The Morgan fingerprint density at radius 3 is 1.62 bits per heavy atom. The van der Waals surface area contributed by atoms with Crippen LogP contribution in [0.25, 0.3) is 0 Å². The molecule has 0 heteroatoms. The highest BCUT2D eigenvalue weighted by atomic mass is 14.2. The molecule has 0 saturated heterocycles. The molecular weight excluding hydrogens is 312 g/mol. The van der Waals surface area contributed by atoms with Gasteiger partial charge in [0.2, 0.25) is 0 Å². The molecule has 1 atom stereocenters. The number of unbranched alkanes of at least 4 members (excludes halogenated alkanes) is 1. The van der Waals surface area contributed by atoms with Gasteiger partial charge in [-0.05, 0) is 90.8 Å². The number of hydrogen-bond donors (Lipinski definition) is 0. The molecule has 1 aliphatic carbocycles. The van der Waals surface area contributed by atoms with Crippen LogP contribution in [0, 0.1) is 13.8 Å². The van der Waals surface area contributed by atoms with E-state index in [0.29, 0.717) is 5.92 Å². The summed E-state index contributed by atoms with van der Waals surface area (Å²) in [7, 11) is 0. The third-order valence-corrected chi connectivity index (χ3v) is 6.06. The van der Waals surface area contributed by atoms with Gasteiger partial charge in [0.25, 0.3) is 0 Å². The maximum atomic E-state index is 2.48. The second kappa shape index (κ2) is 9.95. The fraction of sp³-hybridized carbons (Fsp3) is 0.538. The Kier molecular flexibility index (Phi) is 7.94. The van der Waals surface area contributed by atoms with Crippen LogP contribution in [0.2, 0.25) is 0 Å². The van der Waals surface area contributed by atoms with Gasteiger partial charge in [-0.15, -0.1) is 0 Å². The maximum absolute atomic E-state index is 2.48. The van der Waals surface area contributed by atoms with Gasteiger partial charge in [0.05, 0.1) is 0 Å². The van der Waals surface area contributed by atoms with Crippen molar-refractivity contribution >= 4 is 0 Å². The molecule has 1 aliphatic rings. The first-order valence-corrected chi connectivity index (χ1v) is 10.7. The van der Waals surface area contributed by atoms with Crippen molar-refractivity contribution in [3.05, 3.63) is 69.3 Å². The predicted molar refractivity (Wildman–Crippen MR) is 116 cm³/mol. The summed E-state index contributed by atoms with van der Waals surface area (Å²) in [6, 6.07) is 12.1. The third-order valence-electron chi connectivity index (χ3n) is 6.06. The van der Waals surface area contributed by atoms with E-state index in [-0.39, 0.29) is 0 Å². The number of benzene rings is 2. The standard InChI is InChI=1S/C22H28.C4H10/c1-5-15(2)19-8-6-18-7-9-20-12-16(3)17(4)13-21(20)10-11-22(18)14-19;1-3-4-2/h6,8,12-15H,5,7,9-11H2,1-4H3;3-4H2,1-2H3. The van der Waals surface area contributed by atoms with Crippen LogP contribution in [0.1, 0.15) is 91.8 Å². The van der Waals surface area contributed by atoms with Gasteiger partial charge in [0.1, 0.15) is 0 Å². The normalized spacial score (nSPS) is 14.2. The Bertz CT molecular complexity index is 706.